The van der Waals surface area contributed by atoms with Crippen molar-refractivity contribution in [3.8, 4) is 0 Å². The average Bonchev–Trinajstić information content (AvgIpc) is 3.19. The first-order chi connectivity index (χ1) is 16.4. The first-order valence-corrected chi connectivity index (χ1v) is 11.4. The standard InChI is InChI=1S/C26H24F4N2O3/c1-14-24(11-21(33)34)13-25(14,15(24)2)31-23(35)20-10-19(27)9-17-7-8-32(22(17)20)12-16-3-5-18(6-4-16)26(28,29)30/h3-10,14-15H,11-13H2,1-2H3,(H,31,35)(H,33,34)/t14-,15-,24?,25?/m0/s1. The first kappa shape index (κ1) is 23.4. The van der Waals surface area contributed by atoms with Crippen molar-refractivity contribution in [2.75, 3.05) is 0 Å². The van der Waals surface area contributed by atoms with Crippen molar-refractivity contribution < 1.29 is 32.3 Å². The number of carbonyl (C=O) groups is 2. The second-order valence-corrected chi connectivity index (χ2v) is 9.95. The smallest absolute Gasteiger partial charge is 0.416 e. The van der Waals surface area contributed by atoms with Gasteiger partial charge in [0.1, 0.15) is 5.82 Å². The number of nitrogens with one attached hydrogen (secondary N) is 1. The molecule has 2 N–H and O–H groups in total. The number of hydrogen-bond acceptors (Lipinski definition) is 2. The number of fused-ring (bicyclic) bond motifs is 1. The van der Waals surface area contributed by atoms with Gasteiger partial charge in [-0.05, 0) is 59.6 Å². The third kappa shape index (κ3) is 3.43. The van der Waals surface area contributed by atoms with Crippen LogP contribution < -0.4 is 5.32 Å². The molecule has 0 unspecified atom stereocenters. The van der Waals surface area contributed by atoms with Crippen molar-refractivity contribution in [3.63, 3.8) is 0 Å². The Balaban J connectivity index is 1.43. The van der Waals surface area contributed by atoms with E-state index in [2.05, 4.69) is 5.32 Å². The van der Waals surface area contributed by atoms with Crippen molar-refractivity contribution in [1.82, 2.24) is 9.88 Å². The highest BCUT2D eigenvalue weighted by molar-refractivity contribution is 6.06. The Labute approximate surface area is 198 Å². The summed E-state index contributed by atoms with van der Waals surface area (Å²) in [6.07, 6.45) is -2.15. The maximum atomic E-state index is 14.4. The molecule has 0 saturated heterocycles. The van der Waals surface area contributed by atoms with Crippen molar-refractivity contribution in [3.05, 3.63) is 71.2 Å². The Kier molecular flexibility index (Phi) is 5.06. The van der Waals surface area contributed by atoms with Crippen LogP contribution in [0.1, 0.15) is 48.2 Å². The molecule has 9 heteroatoms. The molecule has 2 bridgehead atoms. The third-order valence-corrected chi connectivity index (χ3v) is 8.42. The van der Waals surface area contributed by atoms with E-state index in [-0.39, 0.29) is 35.8 Å². The minimum absolute atomic E-state index is 0.0203. The first-order valence-electron chi connectivity index (χ1n) is 11.4. The highest BCUT2D eigenvalue weighted by Crippen LogP contribution is 2.76. The number of carbonyl (C=O) groups excluding carboxylic acids is 1. The number of aromatic nitrogens is 1. The molecule has 184 valence electrons. The molecular weight excluding hydrogens is 464 g/mol. The van der Waals surface area contributed by atoms with E-state index in [1.54, 1.807) is 16.8 Å². The van der Waals surface area contributed by atoms with Gasteiger partial charge in [-0.15, -0.1) is 0 Å². The van der Waals surface area contributed by atoms with Gasteiger partial charge in [0.15, 0.2) is 0 Å². The number of nitrogens with zero attached hydrogens (tertiary/aromatic N) is 1. The molecule has 0 radical (unpaired) electrons. The Morgan fingerprint density at radius 2 is 1.77 bits per heavy atom. The van der Waals surface area contributed by atoms with Crippen molar-refractivity contribution in [2.45, 2.75) is 44.9 Å². The monoisotopic (exact) mass is 488 g/mol. The van der Waals surface area contributed by atoms with E-state index in [1.165, 1.54) is 18.2 Å². The molecule has 6 rings (SSSR count). The summed E-state index contributed by atoms with van der Waals surface area (Å²) in [5.74, 6) is -1.93. The number of halogens is 4. The average molecular weight is 488 g/mol. The molecular formula is C26H24F4N2O3. The molecule has 2 atom stereocenters. The minimum atomic E-state index is -4.43. The van der Waals surface area contributed by atoms with Crippen LogP contribution in [0.5, 0.6) is 0 Å². The van der Waals surface area contributed by atoms with Gasteiger partial charge >= 0.3 is 12.1 Å². The zero-order chi connectivity index (χ0) is 25.3. The van der Waals surface area contributed by atoms with Gasteiger partial charge in [-0.3, -0.25) is 9.59 Å². The fourth-order valence-corrected chi connectivity index (χ4v) is 6.38. The topological polar surface area (TPSA) is 71.3 Å². The van der Waals surface area contributed by atoms with Crippen LogP contribution in [-0.4, -0.2) is 27.1 Å². The third-order valence-electron chi connectivity index (χ3n) is 8.42. The predicted octanol–water partition coefficient (Wildman–Crippen LogP) is 5.47. The number of carboxylic acids is 1. The summed E-state index contributed by atoms with van der Waals surface area (Å²) >= 11 is 0. The highest BCUT2D eigenvalue weighted by atomic mass is 19.4. The number of rotatable bonds is 6. The predicted molar refractivity (Wildman–Crippen MR) is 120 cm³/mol. The largest absolute Gasteiger partial charge is 0.481 e. The van der Waals surface area contributed by atoms with E-state index in [1.807, 2.05) is 13.8 Å². The number of carboxylic acid groups (broad SMARTS) is 1. The Bertz CT molecular complexity index is 1330. The van der Waals surface area contributed by atoms with Crippen molar-refractivity contribution in [1.29, 1.82) is 0 Å². The van der Waals surface area contributed by atoms with Crippen LogP contribution in [0.4, 0.5) is 17.6 Å². The lowest BCUT2D eigenvalue weighted by molar-refractivity contribution is -0.277. The quantitative estimate of drug-likeness (QED) is 0.453. The molecule has 35 heavy (non-hydrogen) atoms. The zero-order valence-corrected chi connectivity index (χ0v) is 19.1. The van der Waals surface area contributed by atoms with E-state index in [9.17, 15) is 32.3 Å². The number of aliphatic carboxylic acids is 1. The second kappa shape index (κ2) is 7.57. The van der Waals surface area contributed by atoms with E-state index < -0.39 is 35.0 Å². The molecule has 3 aromatic rings. The van der Waals surface area contributed by atoms with Gasteiger partial charge in [-0.2, -0.15) is 13.2 Å². The molecule has 1 heterocycles. The number of hydrogen-bond donors (Lipinski definition) is 2. The number of amides is 1. The molecule has 1 aromatic heterocycles. The SMILES string of the molecule is C[C@H]1C2(CC(=O)O)CC1(NC(=O)c1cc(F)cc3ccn(Cc4ccc(C(F)(F)F)cc4)c13)[C@H]2C. The van der Waals surface area contributed by atoms with Crippen LogP contribution in [0.25, 0.3) is 10.9 Å². The van der Waals surface area contributed by atoms with Gasteiger partial charge in [-0.25, -0.2) is 4.39 Å². The lowest BCUT2D eigenvalue weighted by Crippen LogP contribution is -2.86. The number of alkyl halides is 3. The van der Waals surface area contributed by atoms with Crippen molar-refractivity contribution in [2.24, 2.45) is 17.3 Å². The molecule has 1 amide bonds. The molecule has 3 fully saturated rings. The molecule has 5 nitrogen and oxygen atoms in total. The lowest BCUT2D eigenvalue weighted by Gasteiger charge is -2.80. The fourth-order valence-electron chi connectivity index (χ4n) is 6.38. The van der Waals surface area contributed by atoms with Gasteiger partial charge in [0.2, 0.25) is 0 Å². The van der Waals surface area contributed by atoms with E-state index in [4.69, 9.17) is 0 Å². The van der Waals surface area contributed by atoms with Crippen LogP contribution in [0.2, 0.25) is 0 Å². The molecule has 0 spiro atoms. The van der Waals surface area contributed by atoms with Crippen LogP contribution in [0.3, 0.4) is 0 Å². The Morgan fingerprint density at radius 3 is 2.34 bits per heavy atom. The van der Waals surface area contributed by atoms with Gasteiger partial charge in [-0.1, -0.05) is 26.0 Å². The van der Waals surface area contributed by atoms with Gasteiger partial charge in [0, 0.05) is 23.7 Å². The molecule has 3 saturated carbocycles. The molecule has 0 aliphatic heterocycles. The summed E-state index contributed by atoms with van der Waals surface area (Å²) in [5.41, 5.74) is -0.397. The van der Waals surface area contributed by atoms with Crippen LogP contribution in [0, 0.1) is 23.1 Å². The van der Waals surface area contributed by atoms with E-state index in [0.29, 0.717) is 22.9 Å². The van der Waals surface area contributed by atoms with Gasteiger partial charge < -0.3 is 15.0 Å². The number of benzene rings is 2. The zero-order valence-electron chi connectivity index (χ0n) is 19.1. The highest BCUT2D eigenvalue weighted by Gasteiger charge is 2.79. The lowest BCUT2D eigenvalue weighted by atomic mass is 9.27. The summed E-state index contributed by atoms with van der Waals surface area (Å²) in [4.78, 5) is 24.7. The summed E-state index contributed by atoms with van der Waals surface area (Å²) in [7, 11) is 0. The molecule has 3 aliphatic rings. The normalized spacial score (nSPS) is 27.3. The fraction of sp³-hybridized carbons (Fsp3) is 0.385. The summed E-state index contributed by atoms with van der Waals surface area (Å²) in [5, 5.41) is 12.8. The summed E-state index contributed by atoms with van der Waals surface area (Å²) < 4.78 is 54.8. The molecule has 3 aliphatic carbocycles. The van der Waals surface area contributed by atoms with Crippen molar-refractivity contribution >= 4 is 22.8 Å². The minimum Gasteiger partial charge on any atom is -0.481 e. The maximum absolute atomic E-state index is 14.4. The summed E-state index contributed by atoms with van der Waals surface area (Å²) in [6, 6.07) is 8.90. The maximum Gasteiger partial charge on any atom is 0.416 e. The van der Waals surface area contributed by atoms with Crippen LogP contribution >= 0.6 is 0 Å². The van der Waals surface area contributed by atoms with Gasteiger partial charge in [0.25, 0.3) is 5.91 Å². The Morgan fingerprint density at radius 1 is 1.11 bits per heavy atom. The Hall–Kier alpha value is -3.36. The molecule has 2 aromatic carbocycles. The summed E-state index contributed by atoms with van der Waals surface area (Å²) in [6.45, 7) is 4.07. The van der Waals surface area contributed by atoms with E-state index in [0.717, 1.165) is 18.2 Å². The van der Waals surface area contributed by atoms with Crippen LogP contribution in [0.15, 0.2) is 48.7 Å². The van der Waals surface area contributed by atoms with Gasteiger partial charge in [0.05, 0.1) is 23.1 Å². The van der Waals surface area contributed by atoms with Crippen LogP contribution in [-0.2, 0) is 17.5 Å². The second-order valence-electron chi connectivity index (χ2n) is 9.95. The van der Waals surface area contributed by atoms with E-state index >= 15 is 0 Å².